The van der Waals surface area contributed by atoms with E-state index in [2.05, 4.69) is 26.3 Å². The molecule has 4 aromatic rings. The van der Waals surface area contributed by atoms with Crippen LogP contribution in [-0.4, -0.2) is 16.9 Å². The molecular weight excluding hydrogens is 457 g/mol. The molecule has 0 aliphatic carbocycles. The van der Waals surface area contributed by atoms with Gasteiger partial charge in [-0.3, -0.25) is 4.79 Å². The zero-order valence-corrected chi connectivity index (χ0v) is 19.7. The van der Waals surface area contributed by atoms with E-state index in [9.17, 15) is 14.0 Å². The van der Waals surface area contributed by atoms with E-state index in [1.54, 1.807) is 24.3 Å². The van der Waals surface area contributed by atoms with Gasteiger partial charge in [-0.05, 0) is 79.6 Å². The van der Waals surface area contributed by atoms with Gasteiger partial charge in [-0.2, -0.15) is 0 Å². The Kier molecular flexibility index (Phi) is 6.00. The maximum absolute atomic E-state index is 14.0. The molecule has 5 N–H and O–H groups in total. The van der Waals surface area contributed by atoms with Crippen molar-refractivity contribution < 1.29 is 14.0 Å². The van der Waals surface area contributed by atoms with Gasteiger partial charge in [0.2, 0.25) is 0 Å². The molecule has 0 spiro atoms. The van der Waals surface area contributed by atoms with Gasteiger partial charge in [-0.15, -0.1) is 0 Å². The Morgan fingerprint density at radius 2 is 1.75 bits per heavy atom. The van der Waals surface area contributed by atoms with Crippen LogP contribution in [0.25, 0.3) is 11.6 Å². The number of aromatic nitrogens is 1. The number of fused-ring (bicyclic) bond motifs is 1. The number of carbonyl (C=O) groups excluding carboxylic acids is 2. The second kappa shape index (κ2) is 9.42. The number of hydrogen-bond acceptors (Lipinski definition) is 3. The lowest BCUT2D eigenvalue weighted by molar-refractivity contribution is -0.110. The van der Waals surface area contributed by atoms with Crippen molar-refractivity contribution in [3.8, 4) is 0 Å². The average Bonchev–Trinajstić information content (AvgIpc) is 3.46. The molecule has 180 valence electrons. The molecular formula is C28H24FN5O2. The minimum Gasteiger partial charge on any atom is -0.362 e. The monoisotopic (exact) mass is 481 g/mol. The molecule has 3 aromatic carbocycles. The lowest BCUT2D eigenvalue weighted by Gasteiger charge is -2.14. The van der Waals surface area contributed by atoms with E-state index >= 15 is 0 Å². The molecule has 0 radical (unpaired) electrons. The van der Waals surface area contributed by atoms with Gasteiger partial charge in [-0.25, -0.2) is 9.18 Å². The molecule has 0 fully saturated rings. The summed E-state index contributed by atoms with van der Waals surface area (Å²) >= 11 is 0. The normalized spacial score (nSPS) is 13.3. The van der Waals surface area contributed by atoms with Gasteiger partial charge in [0.1, 0.15) is 5.82 Å². The number of rotatable bonds is 5. The number of carbonyl (C=O) groups is 2. The van der Waals surface area contributed by atoms with E-state index in [0.717, 1.165) is 33.8 Å². The number of aryl methyl sites for hydroxylation is 2. The summed E-state index contributed by atoms with van der Waals surface area (Å²) in [6.07, 6.45) is 3.63. The quantitative estimate of drug-likeness (QED) is 0.206. The van der Waals surface area contributed by atoms with Crippen LogP contribution in [0.2, 0.25) is 0 Å². The van der Waals surface area contributed by atoms with Crippen LogP contribution in [0.1, 0.15) is 22.4 Å². The maximum Gasteiger partial charge on any atom is 0.323 e. The van der Waals surface area contributed by atoms with Crippen LogP contribution < -0.4 is 21.3 Å². The molecule has 8 heteroatoms. The number of amides is 3. The van der Waals surface area contributed by atoms with Gasteiger partial charge >= 0.3 is 6.03 Å². The highest BCUT2D eigenvalue weighted by Crippen LogP contribution is 2.36. The van der Waals surface area contributed by atoms with Gasteiger partial charge in [0, 0.05) is 34.5 Å². The third kappa shape index (κ3) is 4.83. The molecule has 0 bridgehead atoms. The first-order chi connectivity index (χ1) is 17.4. The highest BCUT2D eigenvalue weighted by atomic mass is 19.1. The van der Waals surface area contributed by atoms with Crippen LogP contribution in [0, 0.1) is 19.7 Å². The summed E-state index contributed by atoms with van der Waals surface area (Å²) in [5, 5.41) is 11.5. The van der Waals surface area contributed by atoms with Gasteiger partial charge in [0.05, 0.1) is 16.9 Å². The number of H-pyrrole nitrogens is 1. The Morgan fingerprint density at radius 3 is 2.56 bits per heavy atom. The van der Waals surface area contributed by atoms with E-state index in [0.29, 0.717) is 16.9 Å². The van der Waals surface area contributed by atoms with E-state index in [1.807, 2.05) is 62.5 Å². The van der Waals surface area contributed by atoms with Crippen molar-refractivity contribution in [3.63, 3.8) is 0 Å². The SMILES string of the molecule is Cc1ccc(F)c(NC(=O)Nc2ccc(C)c(Nc3ccc4c(c3)NC(=O)C4=Cc3ccc[nH]3)c2)c1. The van der Waals surface area contributed by atoms with Crippen molar-refractivity contribution in [3.05, 3.63) is 101 Å². The number of aromatic amines is 1. The van der Waals surface area contributed by atoms with E-state index in [4.69, 9.17) is 0 Å². The van der Waals surface area contributed by atoms with Gasteiger partial charge in [0.15, 0.2) is 0 Å². The number of anilines is 5. The van der Waals surface area contributed by atoms with Crippen LogP contribution in [0.4, 0.5) is 37.6 Å². The molecule has 3 amide bonds. The molecule has 1 aliphatic heterocycles. The first kappa shape index (κ1) is 22.9. The van der Waals surface area contributed by atoms with E-state index in [1.165, 1.54) is 6.07 Å². The summed E-state index contributed by atoms with van der Waals surface area (Å²) in [7, 11) is 0. The Bertz CT molecular complexity index is 1510. The van der Waals surface area contributed by atoms with Gasteiger partial charge < -0.3 is 26.3 Å². The van der Waals surface area contributed by atoms with Crippen molar-refractivity contribution >= 4 is 52.0 Å². The Hall–Kier alpha value is -4.85. The second-order valence-corrected chi connectivity index (χ2v) is 8.62. The number of benzene rings is 3. The zero-order valence-electron chi connectivity index (χ0n) is 19.7. The fourth-order valence-electron chi connectivity index (χ4n) is 4.01. The van der Waals surface area contributed by atoms with Crippen molar-refractivity contribution in [2.75, 3.05) is 21.3 Å². The van der Waals surface area contributed by atoms with Gasteiger partial charge in [0.25, 0.3) is 5.91 Å². The van der Waals surface area contributed by atoms with E-state index in [-0.39, 0.29) is 11.6 Å². The topological polar surface area (TPSA) is 98.0 Å². The van der Waals surface area contributed by atoms with Crippen LogP contribution >= 0.6 is 0 Å². The summed E-state index contributed by atoms with van der Waals surface area (Å²) in [6, 6.07) is 18.9. The van der Waals surface area contributed by atoms with Crippen molar-refractivity contribution in [1.29, 1.82) is 0 Å². The summed E-state index contributed by atoms with van der Waals surface area (Å²) in [6.45, 7) is 3.77. The molecule has 2 heterocycles. The molecule has 5 rings (SSSR count). The average molecular weight is 482 g/mol. The Labute approximate surface area is 207 Å². The van der Waals surface area contributed by atoms with Gasteiger partial charge in [-0.1, -0.05) is 18.2 Å². The second-order valence-electron chi connectivity index (χ2n) is 8.62. The fourth-order valence-corrected chi connectivity index (χ4v) is 4.01. The molecule has 1 aromatic heterocycles. The highest BCUT2D eigenvalue weighted by Gasteiger charge is 2.24. The van der Waals surface area contributed by atoms with E-state index < -0.39 is 11.8 Å². The summed E-state index contributed by atoms with van der Waals surface area (Å²) in [4.78, 5) is 28.0. The number of halogens is 1. The maximum atomic E-state index is 14.0. The lowest BCUT2D eigenvalue weighted by Crippen LogP contribution is -2.20. The molecule has 0 unspecified atom stereocenters. The third-order valence-corrected chi connectivity index (χ3v) is 5.87. The Morgan fingerprint density at radius 1 is 0.917 bits per heavy atom. The lowest BCUT2D eigenvalue weighted by atomic mass is 10.1. The van der Waals surface area contributed by atoms with Crippen LogP contribution in [0.5, 0.6) is 0 Å². The molecule has 0 saturated carbocycles. The number of urea groups is 1. The molecule has 1 aliphatic rings. The first-order valence-corrected chi connectivity index (χ1v) is 11.4. The van der Waals surface area contributed by atoms with Crippen LogP contribution in [0.3, 0.4) is 0 Å². The summed E-state index contributed by atoms with van der Waals surface area (Å²) in [5.74, 6) is -0.660. The number of nitrogens with one attached hydrogen (secondary N) is 5. The highest BCUT2D eigenvalue weighted by molar-refractivity contribution is 6.35. The molecule has 36 heavy (non-hydrogen) atoms. The third-order valence-electron chi connectivity index (χ3n) is 5.87. The molecule has 0 atom stereocenters. The van der Waals surface area contributed by atoms with Crippen LogP contribution in [0.15, 0.2) is 72.9 Å². The standard InChI is InChI=1S/C28H24FN5O2/c1-16-5-10-23(29)26(12-16)34-28(36)32-20-7-6-17(2)24(14-20)31-19-8-9-21-22(13-18-4-3-11-30-18)27(35)33-25(21)15-19/h3-15,30-31H,1-2H3,(H,33,35)(H2,32,34,36). The van der Waals surface area contributed by atoms with Crippen molar-refractivity contribution in [1.82, 2.24) is 4.98 Å². The predicted octanol–water partition coefficient (Wildman–Crippen LogP) is 6.65. The largest absolute Gasteiger partial charge is 0.362 e. The van der Waals surface area contributed by atoms with Crippen LogP contribution in [-0.2, 0) is 4.79 Å². The summed E-state index contributed by atoms with van der Waals surface area (Å²) < 4.78 is 14.0. The molecule has 7 nitrogen and oxygen atoms in total. The minimum atomic E-state index is -0.545. The predicted molar refractivity (Wildman–Crippen MR) is 142 cm³/mol. The molecule has 0 saturated heterocycles. The minimum absolute atomic E-state index is 0.114. The Balaban J connectivity index is 1.32. The zero-order chi connectivity index (χ0) is 25.2. The summed E-state index contributed by atoms with van der Waals surface area (Å²) in [5.41, 5.74) is 7.00. The smallest absolute Gasteiger partial charge is 0.323 e. The fraction of sp³-hybridized carbons (Fsp3) is 0.0714. The van der Waals surface area contributed by atoms with Crippen molar-refractivity contribution in [2.45, 2.75) is 13.8 Å². The number of hydrogen-bond donors (Lipinski definition) is 5. The first-order valence-electron chi connectivity index (χ1n) is 11.4. The van der Waals surface area contributed by atoms with Crippen molar-refractivity contribution in [2.24, 2.45) is 0 Å².